The van der Waals surface area contributed by atoms with Crippen molar-refractivity contribution in [2.45, 2.75) is 26.9 Å². The summed E-state index contributed by atoms with van der Waals surface area (Å²) in [5.74, 6) is 0.151. The molecule has 2 N–H and O–H groups in total. The Balaban J connectivity index is 1.78. The minimum absolute atomic E-state index is 0.172. The molecule has 0 saturated carbocycles. The lowest BCUT2D eigenvalue weighted by Crippen LogP contribution is -3.06. The normalized spacial score (nSPS) is 12.3. The van der Waals surface area contributed by atoms with Crippen LogP contribution in [0.5, 0.6) is 0 Å². The van der Waals surface area contributed by atoms with Gasteiger partial charge in [0, 0.05) is 12.7 Å². The number of methoxy groups -OCH3 is 1. The zero-order valence-corrected chi connectivity index (χ0v) is 17.9. The number of esters is 1. The quantitative estimate of drug-likeness (QED) is 0.431. The van der Waals surface area contributed by atoms with Crippen LogP contribution in [0.3, 0.4) is 0 Å². The lowest BCUT2D eigenvalue weighted by molar-refractivity contribution is -0.908. The molecule has 0 aliphatic heterocycles. The van der Waals surface area contributed by atoms with Crippen LogP contribution in [0.15, 0.2) is 29.1 Å². The molecule has 0 spiro atoms. The lowest BCUT2D eigenvalue weighted by Gasteiger charge is -2.13. The van der Waals surface area contributed by atoms with Gasteiger partial charge in [0.2, 0.25) is 0 Å². The predicted molar refractivity (Wildman–Crippen MR) is 113 cm³/mol. The first-order valence-corrected chi connectivity index (χ1v) is 10.3. The van der Waals surface area contributed by atoms with E-state index in [0.717, 1.165) is 6.54 Å². The van der Waals surface area contributed by atoms with E-state index in [4.69, 9.17) is 9.47 Å². The van der Waals surface area contributed by atoms with Gasteiger partial charge in [0.15, 0.2) is 5.82 Å². The number of H-pyrrole nitrogens is 1. The highest BCUT2D eigenvalue weighted by molar-refractivity contribution is 7.20. The molecule has 2 aromatic heterocycles. The molecule has 0 aliphatic carbocycles. The first-order chi connectivity index (χ1) is 13.9. The van der Waals surface area contributed by atoms with Gasteiger partial charge in [-0.2, -0.15) is 0 Å². The summed E-state index contributed by atoms with van der Waals surface area (Å²) in [7, 11) is 3.60. The topological polar surface area (TPSA) is 85.7 Å². The summed E-state index contributed by atoms with van der Waals surface area (Å²) in [6.07, 6.45) is 0. The molecule has 3 rings (SSSR count). The Morgan fingerprint density at radius 3 is 2.59 bits per heavy atom. The number of aromatic amines is 1. The third-order valence-corrected chi connectivity index (χ3v) is 5.82. The number of quaternary nitrogens is 1. The minimum atomic E-state index is -0.453. The SMILES string of the molecule is COCCOC(=O)c1sc2nc(C[NH+](C)Cc3ccc(C)cc3)[nH]c(=O)c2c1C. The number of nitrogens with zero attached hydrogens (tertiary/aromatic N) is 1. The molecule has 0 amide bonds. The molecule has 29 heavy (non-hydrogen) atoms. The monoisotopic (exact) mass is 416 g/mol. The van der Waals surface area contributed by atoms with Crippen molar-refractivity contribution >= 4 is 27.5 Å². The van der Waals surface area contributed by atoms with Crippen LogP contribution in [0.25, 0.3) is 10.2 Å². The van der Waals surface area contributed by atoms with E-state index < -0.39 is 5.97 Å². The number of hydrogen-bond donors (Lipinski definition) is 2. The van der Waals surface area contributed by atoms with Crippen molar-refractivity contribution in [3.8, 4) is 0 Å². The van der Waals surface area contributed by atoms with Crippen LogP contribution in [-0.4, -0.2) is 43.3 Å². The van der Waals surface area contributed by atoms with Gasteiger partial charge < -0.3 is 19.4 Å². The van der Waals surface area contributed by atoms with E-state index in [0.29, 0.717) is 39.6 Å². The Morgan fingerprint density at radius 1 is 1.17 bits per heavy atom. The fourth-order valence-electron chi connectivity index (χ4n) is 3.15. The highest BCUT2D eigenvalue weighted by atomic mass is 32.1. The van der Waals surface area contributed by atoms with Gasteiger partial charge in [-0.1, -0.05) is 29.8 Å². The molecule has 0 aliphatic rings. The highest BCUT2D eigenvalue weighted by Gasteiger charge is 2.21. The van der Waals surface area contributed by atoms with Gasteiger partial charge in [0.1, 0.15) is 29.4 Å². The summed E-state index contributed by atoms with van der Waals surface area (Å²) in [5.41, 5.74) is 2.84. The number of fused-ring (bicyclic) bond motifs is 1. The number of aryl methyl sites for hydroxylation is 2. The molecule has 1 atom stereocenters. The van der Waals surface area contributed by atoms with Gasteiger partial charge in [-0.15, -0.1) is 11.3 Å². The number of benzene rings is 1. The molecule has 0 bridgehead atoms. The van der Waals surface area contributed by atoms with Crippen molar-refractivity contribution in [2.75, 3.05) is 27.4 Å². The molecular weight excluding hydrogens is 390 g/mol. The number of aromatic nitrogens is 2. The van der Waals surface area contributed by atoms with Gasteiger partial charge >= 0.3 is 5.97 Å². The van der Waals surface area contributed by atoms with Crippen molar-refractivity contribution in [1.29, 1.82) is 0 Å². The number of thiophene rings is 1. The number of hydrogen-bond acceptors (Lipinski definition) is 6. The van der Waals surface area contributed by atoms with Gasteiger partial charge in [-0.25, -0.2) is 9.78 Å². The molecular formula is C21H26N3O4S+. The molecule has 0 saturated heterocycles. The first-order valence-electron chi connectivity index (χ1n) is 9.44. The Kier molecular flexibility index (Phi) is 6.79. The number of ether oxygens (including phenoxy) is 2. The summed E-state index contributed by atoms with van der Waals surface area (Å²) >= 11 is 1.20. The smallest absolute Gasteiger partial charge is 0.348 e. The average molecular weight is 417 g/mol. The second-order valence-electron chi connectivity index (χ2n) is 7.17. The number of rotatable bonds is 8. The van der Waals surface area contributed by atoms with Crippen molar-refractivity contribution in [1.82, 2.24) is 9.97 Å². The summed E-state index contributed by atoms with van der Waals surface area (Å²) < 4.78 is 10.1. The zero-order chi connectivity index (χ0) is 21.0. The number of nitrogens with one attached hydrogen (secondary N) is 2. The van der Waals surface area contributed by atoms with E-state index in [2.05, 4.69) is 48.2 Å². The van der Waals surface area contributed by atoms with Crippen LogP contribution in [0.4, 0.5) is 0 Å². The van der Waals surface area contributed by atoms with Gasteiger partial charge in [0.05, 0.1) is 19.0 Å². The van der Waals surface area contributed by atoms with Crippen LogP contribution < -0.4 is 10.5 Å². The second kappa shape index (κ2) is 9.30. The molecule has 1 aromatic carbocycles. The maximum absolute atomic E-state index is 12.6. The van der Waals surface area contributed by atoms with E-state index in [9.17, 15) is 9.59 Å². The van der Waals surface area contributed by atoms with E-state index in [1.54, 1.807) is 14.0 Å². The van der Waals surface area contributed by atoms with Crippen LogP contribution in [-0.2, 0) is 22.6 Å². The maximum atomic E-state index is 12.6. The average Bonchev–Trinajstić information content (AvgIpc) is 3.00. The van der Waals surface area contributed by atoms with Crippen LogP contribution in [0.1, 0.15) is 32.2 Å². The number of carbonyl (C=O) groups is 1. The van der Waals surface area contributed by atoms with Crippen molar-refractivity contribution in [3.05, 3.63) is 62.0 Å². The Morgan fingerprint density at radius 2 is 1.90 bits per heavy atom. The molecule has 1 unspecified atom stereocenters. The van der Waals surface area contributed by atoms with Crippen molar-refractivity contribution < 1.29 is 19.2 Å². The Hall–Kier alpha value is -2.55. The number of carbonyl (C=O) groups excluding carboxylic acids is 1. The largest absolute Gasteiger partial charge is 0.459 e. The summed E-state index contributed by atoms with van der Waals surface area (Å²) in [6.45, 7) is 5.71. The second-order valence-corrected chi connectivity index (χ2v) is 8.17. The molecule has 8 heteroatoms. The third kappa shape index (κ3) is 5.09. The molecule has 7 nitrogen and oxygen atoms in total. The van der Waals surface area contributed by atoms with Crippen LogP contribution >= 0.6 is 11.3 Å². The zero-order valence-electron chi connectivity index (χ0n) is 17.1. The molecule has 0 fully saturated rings. The molecule has 2 heterocycles. The minimum Gasteiger partial charge on any atom is -0.459 e. The van der Waals surface area contributed by atoms with Crippen LogP contribution in [0, 0.1) is 13.8 Å². The Labute approximate surface area is 173 Å². The van der Waals surface area contributed by atoms with Crippen molar-refractivity contribution in [3.63, 3.8) is 0 Å². The van der Waals surface area contributed by atoms with Gasteiger partial charge in [-0.05, 0) is 19.4 Å². The van der Waals surface area contributed by atoms with Crippen molar-refractivity contribution in [2.24, 2.45) is 0 Å². The molecule has 154 valence electrons. The van der Waals surface area contributed by atoms with Gasteiger partial charge in [0.25, 0.3) is 5.56 Å². The summed E-state index contributed by atoms with van der Waals surface area (Å²) in [6, 6.07) is 8.41. The van der Waals surface area contributed by atoms with E-state index in [1.807, 2.05) is 0 Å². The Bertz CT molecular complexity index is 1060. The third-order valence-electron chi connectivity index (χ3n) is 4.65. The van der Waals surface area contributed by atoms with E-state index >= 15 is 0 Å². The standard InChI is InChI=1S/C21H25N3O4S/c1-13-5-7-15(8-6-13)11-24(3)12-16-22-19(25)17-14(2)18(29-20(17)23-16)21(26)28-10-9-27-4/h5-8H,9-12H2,1-4H3,(H,22,23,25)/p+1. The molecule has 3 aromatic rings. The first kappa shape index (κ1) is 21.2. The van der Waals surface area contributed by atoms with Crippen LogP contribution in [0.2, 0.25) is 0 Å². The predicted octanol–water partition coefficient (Wildman–Crippen LogP) is 1.62. The highest BCUT2D eigenvalue weighted by Crippen LogP contribution is 2.27. The van der Waals surface area contributed by atoms with E-state index in [1.165, 1.54) is 27.4 Å². The maximum Gasteiger partial charge on any atom is 0.348 e. The summed E-state index contributed by atoms with van der Waals surface area (Å²) in [5, 5.41) is 0.452. The lowest BCUT2D eigenvalue weighted by atomic mass is 10.1. The molecule has 0 radical (unpaired) electrons. The summed E-state index contributed by atoms with van der Waals surface area (Å²) in [4.78, 5) is 34.6. The fourth-order valence-corrected chi connectivity index (χ4v) is 4.25. The van der Waals surface area contributed by atoms with Gasteiger partial charge in [-0.3, -0.25) is 4.79 Å². The van der Waals surface area contributed by atoms with E-state index in [-0.39, 0.29) is 12.2 Å². The fraction of sp³-hybridized carbons (Fsp3) is 0.381.